The lowest BCUT2D eigenvalue weighted by Gasteiger charge is -2.29. The van der Waals surface area contributed by atoms with Crippen molar-refractivity contribution >= 4 is 5.69 Å². The average molecular weight is 219 g/mol. The molecule has 0 saturated carbocycles. The van der Waals surface area contributed by atoms with E-state index in [0.717, 1.165) is 12.2 Å². The van der Waals surface area contributed by atoms with Crippen LogP contribution in [-0.4, -0.2) is 28.8 Å². The minimum Gasteiger partial charge on any atom is -0.389 e. The fraction of sp³-hybridized carbons (Fsp3) is 0.500. The number of aliphatic hydroxyl groups is 1. The van der Waals surface area contributed by atoms with Crippen LogP contribution in [0.5, 0.6) is 0 Å². The Morgan fingerprint density at radius 3 is 2.56 bits per heavy atom. The van der Waals surface area contributed by atoms with E-state index in [2.05, 4.69) is 4.98 Å². The predicted octanol–water partition coefficient (Wildman–Crippen LogP) is 1.55. The van der Waals surface area contributed by atoms with Crippen molar-refractivity contribution in [3.8, 4) is 6.07 Å². The summed E-state index contributed by atoms with van der Waals surface area (Å²) in [5.74, 6) is 0. The molecule has 0 fully saturated rings. The molecule has 0 radical (unpaired) electrons. The maximum Gasteiger partial charge on any atom is 0.140 e. The first-order valence-corrected chi connectivity index (χ1v) is 5.30. The van der Waals surface area contributed by atoms with Crippen LogP contribution in [-0.2, 0) is 0 Å². The Hall–Kier alpha value is -1.60. The lowest BCUT2D eigenvalue weighted by Crippen LogP contribution is -2.38. The average Bonchev–Trinajstić information content (AvgIpc) is 2.25. The molecule has 0 aliphatic rings. The number of likely N-dealkylation sites (N-methyl/N-ethyl adjacent to an activating group) is 1. The minimum atomic E-state index is -0.746. The van der Waals surface area contributed by atoms with Crippen LogP contribution in [0.3, 0.4) is 0 Å². The summed E-state index contributed by atoms with van der Waals surface area (Å²) in [6.45, 7) is 6.89. The van der Waals surface area contributed by atoms with Crippen molar-refractivity contribution in [1.29, 1.82) is 5.26 Å². The third-order valence-electron chi connectivity index (χ3n) is 2.19. The summed E-state index contributed by atoms with van der Waals surface area (Å²) in [7, 11) is 0. The normalized spacial score (nSPS) is 10.9. The summed E-state index contributed by atoms with van der Waals surface area (Å²) in [5.41, 5.74) is 0.580. The molecule has 0 unspecified atom stereocenters. The molecule has 86 valence electrons. The molecule has 1 N–H and O–H groups in total. The van der Waals surface area contributed by atoms with Gasteiger partial charge in [0.1, 0.15) is 11.8 Å². The Morgan fingerprint density at radius 2 is 2.19 bits per heavy atom. The van der Waals surface area contributed by atoms with Crippen LogP contribution in [0.1, 0.15) is 26.5 Å². The van der Waals surface area contributed by atoms with E-state index in [1.807, 2.05) is 24.0 Å². The second-order valence-corrected chi connectivity index (χ2v) is 4.34. The largest absolute Gasteiger partial charge is 0.389 e. The molecule has 16 heavy (non-hydrogen) atoms. The molecule has 0 spiro atoms. The maximum absolute atomic E-state index is 9.77. The number of nitrogens with zero attached hydrogens (tertiary/aromatic N) is 3. The Balaban J connectivity index is 2.84. The van der Waals surface area contributed by atoms with Gasteiger partial charge in [0.05, 0.1) is 17.5 Å². The van der Waals surface area contributed by atoms with E-state index in [9.17, 15) is 5.11 Å². The molecule has 4 heteroatoms. The van der Waals surface area contributed by atoms with E-state index in [1.54, 1.807) is 26.1 Å². The molecule has 1 aromatic rings. The first kappa shape index (κ1) is 12.5. The molecule has 1 heterocycles. The summed E-state index contributed by atoms with van der Waals surface area (Å²) in [4.78, 5) is 6.03. The topological polar surface area (TPSA) is 60.1 Å². The molecule has 4 nitrogen and oxygen atoms in total. The number of nitriles is 1. The Labute approximate surface area is 96.2 Å². The van der Waals surface area contributed by atoms with Gasteiger partial charge in [-0.05, 0) is 32.9 Å². The van der Waals surface area contributed by atoms with Gasteiger partial charge in [0.25, 0.3) is 0 Å². The third-order valence-corrected chi connectivity index (χ3v) is 2.19. The van der Waals surface area contributed by atoms with Gasteiger partial charge >= 0.3 is 0 Å². The molecule has 1 rings (SSSR count). The SMILES string of the molecule is CCN(CC(C)(C)O)c1ccc(C#N)nc1. The Bertz CT molecular complexity index is 373. The molecule has 0 atom stereocenters. The zero-order valence-corrected chi connectivity index (χ0v) is 9.94. The number of hydrogen-bond donors (Lipinski definition) is 1. The molecule has 0 aliphatic carbocycles. The fourth-order valence-corrected chi connectivity index (χ4v) is 1.49. The van der Waals surface area contributed by atoms with Crippen LogP contribution in [0.2, 0.25) is 0 Å². The van der Waals surface area contributed by atoms with Gasteiger partial charge in [-0.3, -0.25) is 0 Å². The predicted molar refractivity (Wildman–Crippen MR) is 63.1 cm³/mol. The minimum absolute atomic E-state index is 0.406. The highest BCUT2D eigenvalue weighted by atomic mass is 16.3. The van der Waals surface area contributed by atoms with E-state index in [0.29, 0.717) is 12.2 Å². The number of rotatable bonds is 4. The molecular weight excluding hydrogens is 202 g/mol. The number of aromatic nitrogens is 1. The highest BCUT2D eigenvalue weighted by Crippen LogP contribution is 2.16. The second-order valence-electron chi connectivity index (χ2n) is 4.34. The standard InChI is InChI=1S/C12H17N3O/c1-4-15(9-12(2,3)16)11-6-5-10(7-13)14-8-11/h5-6,8,16H,4,9H2,1-3H3. The highest BCUT2D eigenvalue weighted by molar-refractivity contribution is 5.46. The lowest BCUT2D eigenvalue weighted by molar-refractivity contribution is 0.0876. The van der Waals surface area contributed by atoms with Crippen molar-refractivity contribution in [3.05, 3.63) is 24.0 Å². The van der Waals surface area contributed by atoms with E-state index in [1.165, 1.54) is 0 Å². The van der Waals surface area contributed by atoms with Crippen molar-refractivity contribution in [1.82, 2.24) is 4.98 Å². The van der Waals surface area contributed by atoms with Crippen LogP contribution in [0.4, 0.5) is 5.69 Å². The van der Waals surface area contributed by atoms with E-state index >= 15 is 0 Å². The van der Waals surface area contributed by atoms with Crippen molar-refractivity contribution in [2.75, 3.05) is 18.0 Å². The highest BCUT2D eigenvalue weighted by Gasteiger charge is 2.17. The maximum atomic E-state index is 9.77. The van der Waals surface area contributed by atoms with Crippen molar-refractivity contribution in [3.63, 3.8) is 0 Å². The monoisotopic (exact) mass is 219 g/mol. The third kappa shape index (κ3) is 3.52. The summed E-state index contributed by atoms with van der Waals surface area (Å²) in [6.07, 6.45) is 1.66. The van der Waals surface area contributed by atoms with Gasteiger partial charge in [0.2, 0.25) is 0 Å². The molecule has 1 aromatic heterocycles. The van der Waals surface area contributed by atoms with E-state index < -0.39 is 5.60 Å². The van der Waals surface area contributed by atoms with Crippen LogP contribution in [0.15, 0.2) is 18.3 Å². The lowest BCUT2D eigenvalue weighted by atomic mass is 10.1. The first-order valence-electron chi connectivity index (χ1n) is 5.30. The molecular formula is C12H17N3O. The van der Waals surface area contributed by atoms with Gasteiger partial charge in [-0.1, -0.05) is 0 Å². The van der Waals surface area contributed by atoms with E-state index in [4.69, 9.17) is 5.26 Å². The van der Waals surface area contributed by atoms with Crippen molar-refractivity contribution in [2.45, 2.75) is 26.4 Å². The summed E-state index contributed by atoms with van der Waals surface area (Å²) >= 11 is 0. The number of pyridine rings is 1. The van der Waals surface area contributed by atoms with Gasteiger partial charge < -0.3 is 10.0 Å². The van der Waals surface area contributed by atoms with Crippen LogP contribution >= 0.6 is 0 Å². The Morgan fingerprint density at radius 1 is 1.50 bits per heavy atom. The smallest absolute Gasteiger partial charge is 0.140 e. The first-order chi connectivity index (χ1) is 7.46. The van der Waals surface area contributed by atoms with E-state index in [-0.39, 0.29) is 0 Å². The fourth-order valence-electron chi connectivity index (χ4n) is 1.49. The quantitative estimate of drug-likeness (QED) is 0.834. The summed E-state index contributed by atoms with van der Waals surface area (Å²) < 4.78 is 0. The zero-order chi connectivity index (χ0) is 12.2. The van der Waals surface area contributed by atoms with Gasteiger partial charge in [0.15, 0.2) is 0 Å². The molecule has 0 saturated heterocycles. The molecule has 0 aromatic carbocycles. The van der Waals surface area contributed by atoms with Gasteiger partial charge in [-0.2, -0.15) is 5.26 Å². The Kier molecular flexibility index (Phi) is 3.86. The van der Waals surface area contributed by atoms with Crippen LogP contribution < -0.4 is 4.90 Å². The zero-order valence-electron chi connectivity index (χ0n) is 9.94. The van der Waals surface area contributed by atoms with Crippen molar-refractivity contribution in [2.24, 2.45) is 0 Å². The van der Waals surface area contributed by atoms with Crippen LogP contribution in [0, 0.1) is 11.3 Å². The molecule has 0 amide bonds. The second kappa shape index (κ2) is 4.95. The van der Waals surface area contributed by atoms with Crippen molar-refractivity contribution < 1.29 is 5.11 Å². The number of hydrogen-bond acceptors (Lipinski definition) is 4. The van der Waals surface area contributed by atoms with Gasteiger partial charge in [0, 0.05) is 13.1 Å². The van der Waals surface area contributed by atoms with Gasteiger partial charge in [-0.25, -0.2) is 4.98 Å². The summed E-state index contributed by atoms with van der Waals surface area (Å²) in [5, 5.41) is 18.4. The molecule has 0 bridgehead atoms. The van der Waals surface area contributed by atoms with Gasteiger partial charge in [-0.15, -0.1) is 0 Å². The van der Waals surface area contributed by atoms with Crippen LogP contribution in [0.25, 0.3) is 0 Å². The summed E-state index contributed by atoms with van der Waals surface area (Å²) in [6, 6.07) is 5.51. The molecule has 0 aliphatic heterocycles. The number of anilines is 1.